The van der Waals surface area contributed by atoms with Crippen LogP contribution >= 0.6 is 11.8 Å². The number of thioether (sulfide) groups is 1. The van der Waals surface area contributed by atoms with E-state index in [2.05, 4.69) is 35.4 Å². The van der Waals surface area contributed by atoms with Crippen molar-refractivity contribution in [2.24, 2.45) is 0 Å². The first-order chi connectivity index (χ1) is 12.0. The molecule has 0 spiro atoms. The van der Waals surface area contributed by atoms with Crippen LogP contribution < -0.4 is 5.32 Å². The quantitative estimate of drug-likeness (QED) is 0.637. The summed E-state index contributed by atoms with van der Waals surface area (Å²) >= 11 is 1.62. The largest absolute Gasteiger partial charge is 0.326 e. The number of hydrogen-bond donors (Lipinski definition) is 1. The third-order valence-electron chi connectivity index (χ3n) is 4.13. The highest BCUT2D eigenvalue weighted by atomic mass is 32.2. The lowest BCUT2D eigenvalue weighted by atomic mass is 10.1. The standard InChI is InChI=1S/C21H22N2OS/c1-14-8-9-18(16(3)12-14)22-20(24)10-11-25-21-13-15(2)17-6-4-5-7-19(17)23-21/h4-9,12-13H,10-11H2,1-3H3,(H,22,24). The molecule has 3 aromatic rings. The predicted molar refractivity (Wildman–Crippen MR) is 106 cm³/mol. The smallest absolute Gasteiger partial charge is 0.225 e. The molecule has 0 saturated carbocycles. The molecule has 0 aliphatic rings. The Hall–Kier alpha value is -2.33. The normalized spacial score (nSPS) is 10.8. The molecule has 0 aliphatic heterocycles. The van der Waals surface area contributed by atoms with Crippen LogP contribution in [0, 0.1) is 20.8 Å². The van der Waals surface area contributed by atoms with Crippen LogP contribution in [0.1, 0.15) is 23.1 Å². The second-order valence-electron chi connectivity index (χ2n) is 6.26. The van der Waals surface area contributed by atoms with Crippen molar-refractivity contribution < 1.29 is 4.79 Å². The topological polar surface area (TPSA) is 42.0 Å². The lowest BCUT2D eigenvalue weighted by Gasteiger charge is -2.09. The van der Waals surface area contributed by atoms with Crippen molar-refractivity contribution in [3.63, 3.8) is 0 Å². The number of fused-ring (bicyclic) bond motifs is 1. The van der Waals surface area contributed by atoms with Crippen LogP contribution in [0.15, 0.2) is 53.6 Å². The molecule has 3 rings (SSSR count). The SMILES string of the molecule is Cc1ccc(NC(=O)CCSc2cc(C)c3ccccc3n2)c(C)c1. The summed E-state index contributed by atoms with van der Waals surface area (Å²) in [5.41, 5.74) is 5.40. The number of carbonyl (C=O) groups is 1. The van der Waals surface area contributed by atoms with E-state index in [0.29, 0.717) is 12.2 Å². The molecular formula is C21H22N2OS. The first-order valence-corrected chi connectivity index (χ1v) is 9.38. The number of rotatable bonds is 5. The van der Waals surface area contributed by atoms with Crippen molar-refractivity contribution in [1.82, 2.24) is 4.98 Å². The number of amides is 1. The molecule has 25 heavy (non-hydrogen) atoms. The fraction of sp³-hybridized carbons (Fsp3) is 0.238. The van der Waals surface area contributed by atoms with Gasteiger partial charge in [-0.1, -0.05) is 35.9 Å². The van der Waals surface area contributed by atoms with Crippen LogP contribution in [0.3, 0.4) is 0 Å². The minimum absolute atomic E-state index is 0.0389. The van der Waals surface area contributed by atoms with Gasteiger partial charge < -0.3 is 5.32 Å². The number of nitrogens with zero attached hydrogens (tertiary/aromatic N) is 1. The highest BCUT2D eigenvalue weighted by Gasteiger charge is 2.07. The van der Waals surface area contributed by atoms with E-state index in [1.165, 1.54) is 16.5 Å². The van der Waals surface area contributed by atoms with Crippen molar-refractivity contribution in [3.05, 3.63) is 65.2 Å². The fourth-order valence-electron chi connectivity index (χ4n) is 2.81. The van der Waals surface area contributed by atoms with Gasteiger partial charge >= 0.3 is 0 Å². The molecule has 1 aromatic heterocycles. The van der Waals surface area contributed by atoms with Gasteiger partial charge in [0.25, 0.3) is 0 Å². The molecule has 0 fully saturated rings. The van der Waals surface area contributed by atoms with Crippen LogP contribution in [-0.4, -0.2) is 16.6 Å². The van der Waals surface area contributed by atoms with E-state index in [9.17, 15) is 4.79 Å². The van der Waals surface area contributed by atoms with Gasteiger partial charge in [0, 0.05) is 23.2 Å². The van der Waals surface area contributed by atoms with Crippen molar-refractivity contribution in [2.45, 2.75) is 32.2 Å². The van der Waals surface area contributed by atoms with Gasteiger partial charge in [-0.3, -0.25) is 4.79 Å². The minimum atomic E-state index is 0.0389. The van der Waals surface area contributed by atoms with Crippen molar-refractivity contribution >= 4 is 34.3 Å². The van der Waals surface area contributed by atoms with E-state index < -0.39 is 0 Å². The Morgan fingerprint density at radius 2 is 1.84 bits per heavy atom. The van der Waals surface area contributed by atoms with Gasteiger partial charge in [-0.05, 0) is 50.1 Å². The number of carbonyl (C=O) groups excluding carboxylic acids is 1. The van der Waals surface area contributed by atoms with E-state index in [0.717, 1.165) is 21.8 Å². The average molecular weight is 350 g/mol. The summed E-state index contributed by atoms with van der Waals surface area (Å²) in [5, 5.41) is 5.14. The molecule has 1 heterocycles. The molecule has 0 aliphatic carbocycles. The number of para-hydroxylation sites is 1. The monoisotopic (exact) mass is 350 g/mol. The number of aromatic nitrogens is 1. The van der Waals surface area contributed by atoms with Crippen LogP contribution in [-0.2, 0) is 4.79 Å². The van der Waals surface area contributed by atoms with Gasteiger partial charge in [-0.25, -0.2) is 4.98 Å². The Bertz CT molecular complexity index is 921. The number of aryl methyl sites for hydroxylation is 3. The molecule has 0 unspecified atom stereocenters. The molecule has 0 saturated heterocycles. The van der Waals surface area contributed by atoms with Crippen LogP contribution in [0.5, 0.6) is 0 Å². The Labute approximate surface area is 152 Å². The van der Waals surface area contributed by atoms with Gasteiger partial charge in [-0.15, -0.1) is 11.8 Å². The molecule has 3 nitrogen and oxygen atoms in total. The number of anilines is 1. The third kappa shape index (κ3) is 4.40. The second-order valence-corrected chi connectivity index (χ2v) is 7.37. The Morgan fingerprint density at radius 1 is 1.04 bits per heavy atom. The predicted octanol–water partition coefficient (Wildman–Crippen LogP) is 5.28. The third-order valence-corrected chi connectivity index (χ3v) is 5.05. The second kappa shape index (κ2) is 7.70. The van der Waals surface area contributed by atoms with Crippen molar-refractivity contribution in [2.75, 3.05) is 11.1 Å². The lowest BCUT2D eigenvalue weighted by Crippen LogP contribution is -2.13. The minimum Gasteiger partial charge on any atom is -0.326 e. The number of nitrogens with one attached hydrogen (secondary N) is 1. The van der Waals surface area contributed by atoms with E-state index >= 15 is 0 Å². The Morgan fingerprint density at radius 3 is 2.64 bits per heavy atom. The number of pyridine rings is 1. The fourth-order valence-corrected chi connectivity index (χ4v) is 3.73. The zero-order chi connectivity index (χ0) is 17.8. The molecule has 1 N–H and O–H groups in total. The summed E-state index contributed by atoms with van der Waals surface area (Å²) in [6.07, 6.45) is 0.464. The van der Waals surface area contributed by atoms with Gasteiger partial charge in [0.05, 0.1) is 10.5 Å². The zero-order valence-electron chi connectivity index (χ0n) is 14.8. The first kappa shape index (κ1) is 17.5. The molecule has 1 amide bonds. The van der Waals surface area contributed by atoms with Crippen LogP contribution in [0.4, 0.5) is 5.69 Å². The van der Waals surface area contributed by atoms with Crippen molar-refractivity contribution in [3.8, 4) is 0 Å². The summed E-state index contributed by atoms with van der Waals surface area (Å²) in [6.45, 7) is 6.16. The molecule has 4 heteroatoms. The number of benzene rings is 2. The maximum Gasteiger partial charge on any atom is 0.225 e. The van der Waals surface area contributed by atoms with Gasteiger partial charge in [0.1, 0.15) is 0 Å². The van der Waals surface area contributed by atoms with Gasteiger partial charge in [-0.2, -0.15) is 0 Å². The lowest BCUT2D eigenvalue weighted by molar-refractivity contribution is -0.115. The summed E-state index contributed by atoms with van der Waals surface area (Å²) < 4.78 is 0. The highest BCUT2D eigenvalue weighted by molar-refractivity contribution is 7.99. The van der Waals surface area contributed by atoms with Gasteiger partial charge in [0.15, 0.2) is 0 Å². The molecule has 0 radical (unpaired) electrons. The summed E-state index contributed by atoms with van der Waals surface area (Å²) in [7, 11) is 0. The van der Waals surface area contributed by atoms with Gasteiger partial charge in [0.2, 0.25) is 5.91 Å². The first-order valence-electron chi connectivity index (χ1n) is 8.39. The zero-order valence-corrected chi connectivity index (χ0v) is 15.6. The summed E-state index contributed by atoms with van der Waals surface area (Å²) in [5.74, 6) is 0.749. The average Bonchev–Trinajstić information content (AvgIpc) is 2.57. The van der Waals surface area contributed by atoms with E-state index in [1.54, 1.807) is 11.8 Å². The highest BCUT2D eigenvalue weighted by Crippen LogP contribution is 2.24. The van der Waals surface area contributed by atoms with Crippen LogP contribution in [0.25, 0.3) is 10.9 Å². The molecule has 0 atom stereocenters. The maximum atomic E-state index is 12.2. The summed E-state index contributed by atoms with van der Waals surface area (Å²) in [4.78, 5) is 16.8. The summed E-state index contributed by atoms with van der Waals surface area (Å²) in [6, 6.07) is 16.3. The molecule has 2 aromatic carbocycles. The maximum absolute atomic E-state index is 12.2. The Kier molecular flexibility index (Phi) is 5.39. The van der Waals surface area contributed by atoms with E-state index in [4.69, 9.17) is 0 Å². The van der Waals surface area contributed by atoms with E-state index in [-0.39, 0.29) is 5.91 Å². The van der Waals surface area contributed by atoms with Crippen molar-refractivity contribution in [1.29, 1.82) is 0 Å². The number of hydrogen-bond acceptors (Lipinski definition) is 3. The molecular weight excluding hydrogens is 328 g/mol. The Balaban J connectivity index is 1.58. The van der Waals surface area contributed by atoms with Crippen LogP contribution in [0.2, 0.25) is 0 Å². The molecule has 0 bridgehead atoms. The molecule has 128 valence electrons. The van der Waals surface area contributed by atoms with E-state index in [1.807, 2.05) is 44.2 Å².